The minimum absolute atomic E-state index is 0.0568. The fraction of sp³-hybridized carbons (Fsp3) is 0.625. The molecule has 116 valence electrons. The summed E-state index contributed by atoms with van der Waals surface area (Å²) in [6, 6.07) is 5.50. The zero-order valence-electron chi connectivity index (χ0n) is 12.8. The first kappa shape index (κ1) is 15.8. The van der Waals surface area contributed by atoms with Crippen LogP contribution in [0.5, 0.6) is 5.75 Å². The minimum atomic E-state index is -0.371. The van der Waals surface area contributed by atoms with Gasteiger partial charge in [0.15, 0.2) is 5.75 Å². The molecule has 2 rings (SSSR count). The van der Waals surface area contributed by atoms with Gasteiger partial charge in [-0.05, 0) is 30.4 Å². The van der Waals surface area contributed by atoms with Crippen molar-refractivity contribution >= 4 is 5.69 Å². The molecule has 0 spiro atoms. The first-order chi connectivity index (χ1) is 10.1. The molecule has 0 bridgehead atoms. The second-order valence-corrected chi connectivity index (χ2v) is 6.06. The molecule has 0 heterocycles. The molecule has 1 fully saturated rings. The maximum atomic E-state index is 11.1. The van der Waals surface area contributed by atoms with Crippen molar-refractivity contribution in [2.75, 3.05) is 6.61 Å². The predicted molar refractivity (Wildman–Crippen MR) is 82.5 cm³/mol. The van der Waals surface area contributed by atoms with Crippen LogP contribution in [0.4, 0.5) is 5.69 Å². The topological polar surface area (TPSA) is 64.4 Å². The lowest BCUT2D eigenvalue weighted by atomic mass is 10.1. The maximum absolute atomic E-state index is 11.1. The Morgan fingerprint density at radius 2 is 2.10 bits per heavy atom. The summed E-state index contributed by atoms with van der Waals surface area (Å²) >= 11 is 0. The zero-order chi connectivity index (χ0) is 15.2. The van der Waals surface area contributed by atoms with Gasteiger partial charge >= 0.3 is 5.69 Å². The van der Waals surface area contributed by atoms with E-state index in [2.05, 4.69) is 19.2 Å². The Morgan fingerprint density at radius 3 is 2.71 bits per heavy atom. The summed E-state index contributed by atoms with van der Waals surface area (Å²) in [6.45, 7) is 5.42. The van der Waals surface area contributed by atoms with E-state index in [1.54, 1.807) is 18.2 Å². The SMILES string of the molecule is CC(C)NCc1ccc([N+](=O)[O-])c(OCC2CCCC2)c1. The Labute approximate surface area is 125 Å². The lowest BCUT2D eigenvalue weighted by Gasteiger charge is -2.13. The van der Waals surface area contributed by atoms with Crippen LogP contribution >= 0.6 is 0 Å². The molecule has 1 aromatic carbocycles. The van der Waals surface area contributed by atoms with E-state index < -0.39 is 0 Å². The van der Waals surface area contributed by atoms with E-state index in [0.717, 1.165) is 5.56 Å². The van der Waals surface area contributed by atoms with E-state index in [9.17, 15) is 10.1 Å². The van der Waals surface area contributed by atoms with E-state index >= 15 is 0 Å². The number of benzene rings is 1. The first-order valence-corrected chi connectivity index (χ1v) is 7.69. The summed E-state index contributed by atoms with van der Waals surface area (Å²) in [5, 5.41) is 14.4. The predicted octanol–water partition coefficient (Wildman–Crippen LogP) is 3.66. The number of hydrogen-bond acceptors (Lipinski definition) is 4. The molecule has 0 amide bonds. The number of nitrogens with one attached hydrogen (secondary N) is 1. The normalized spacial score (nSPS) is 15.6. The molecular formula is C16H24N2O3. The number of nitro groups is 1. The van der Waals surface area contributed by atoms with Gasteiger partial charge in [0.25, 0.3) is 0 Å². The van der Waals surface area contributed by atoms with Crippen LogP contribution in [0.15, 0.2) is 18.2 Å². The summed E-state index contributed by atoms with van der Waals surface area (Å²) in [5.41, 5.74) is 1.07. The van der Waals surface area contributed by atoms with Crippen LogP contribution in [-0.2, 0) is 6.54 Å². The van der Waals surface area contributed by atoms with E-state index in [1.807, 2.05) is 0 Å². The van der Waals surface area contributed by atoms with Gasteiger partial charge in [0, 0.05) is 18.7 Å². The second-order valence-electron chi connectivity index (χ2n) is 6.06. The fourth-order valence-electron chi connectivity index (χ4n) is 2.64. The molecule has 0 aromatic heterocycles. The van der Waals surface area contributed by atoms with Crippen molar-refractivity contribution < 1.29 is 9.66 Å². The van der Waals surface area contributed by atoms with Gasteiger partial charge in [-0.15, -0.1) is 0 Å². The molecule has 0 aliphatic heterocycles. The summed E-state index contributed by atoms with van der Waals surface area (Å²) in [7, 11) is 0. The molecule has 5 nitrogen and oxygen atoms in total. The van der Waals surface area contributed by atoms with Crippen LogP contribution in [-0.4, -0.2) is 17.6 Å². The van der Waals surface area contributed by atoms with Gasteiger partial charge in [-0.25, -0.2) is 0 Å². The molecule has 1 aromatic rings. The molecule has 0 unspecified atom stereocenters. The molecule has 21 heavy (non-hydrogen) atoms. The monoisotopic (exact) mass is 292 g/mol. The number of nitrogens with zero attached hydrogens (tertiary/aromatic N) is 1. The molecule has 0 saturated heterocycles. The largest absolute Gasteiger partial charge is 0.487 e. The van der Waals surface area contributed by atoms with Crippen LogP contribution < -0.4 is 10.1 Å². The molecular weight excluding hydrogens is 268 g/mol. The lowest BCUT2D eigenvalue weighted by Crippen LogP contribution is -2.21. The minimum Gasteiger partial charge on any atom is -0.487 e. The number of rotatable bonds is 7. The Bertz CT molecular complexity index is 482. The molecule has 1 saturated carbocycles. The highest BCUT2D eigenvalue weighted by Gasteiger charge is 2.20. The Hall–Kier alpha value is -1.62. The molecule has 1 N–H and O–H groups in total. The summed E-state index contributed by atoms with van der Waals surface area (Å²) in [6.07, 6.45) is 4.83. The molecule has 0 atom stereocenters. The van der Waals surface area contributed by atoms with Gasteiger partial charge in [0.05, 0.1) is 11.5 Å². The highest BCUT2D eigenvalue weighted by Crippen LogP contribution is 2.31. The van der Waals surface area contributed by atoms with Gasteiger partial charge < -0.3 is 10.1 Å². The van der Waals surface area contributed by atoms with E-state index in [1.165, 1.54) is 25.7 Å². The van der Waals surface area contributed by atoms with Gasteiger partial charge in [0.2, 0.25) is 0 Å². The average molecular weight is 292 g/mol. The van der Waals surface area contributed by atoms with Gasteiger partial charge in [-0.3, -0.25) is 10.1 Å². The van der Waals surface area contributed by atoms with Crippen LogP contribution in [0.1, 0.15) is 45.1 Å². The quantitative estimate of drug-likeness (QED) is 0.615. The van der Waals surface area contributed by atoms with Crippen molar-refractivity contribution in [3.05, 3.63) is 33.9 Å². The second kappa shape index (κ2) is 7.41. The van der Waals surface area contributed by atoms with Crippen molar-refractivity contribution in [3.8, 4) is 5.75 Å². The third-order valence-corrected chi connectivity index (χ3v) is 3.88. The fourth-order valence-corrected chi connectivity index (χ4v) is 2.64. The van der Waals surface area contributed by atoms with Crippen LogP contribution in [0, 0.1) is 16.0 Å². The molecule has 1 aliphatic carbocycles. The molecule has 5 heteroatoms. The smallest absolute Gasteiger partial charge is 0.310 e. The standard InChI is InChI=1S/C16H24N2O3/c1-12(2)17-10-14-7-8-15(18(19)20)16(9-14)21-11-13-5-3-4-6-13/h7-9,12-13,17H,3-6,10-11H2,1-2H3. The average Bonchev–Trinajstić information content (AvgIpc) is 2.96. The highest BCUT2D eigenvalue weighted by atomic mass is 16.6. The summed E-state index contributed by atoms with van der Waals surface area (Å²) in [5.74, 6) is 0.942. The van der Waals surface area contributed by atoms with Crippen LogP contribution in [0.2, 0.25) is 0 Å². The third-order valence-electron chi connectivity index (χ3n) is 3.88. The van der Waals surface area contributed by atoms with Crippen molar-refractivity contribution in [2.24, 2.45) is 5.92 Å². The van der Waals surface area contributed by atoms with Crippen LogP contribution in [0.3, 0.4) is 0 Å². The lowest BCUT2D eigenvalue weighted by molar-refractivity contribution is -0.385. The first-order valence-electron chi connectivity index (χ1n) is 7.69. The summed E-state index contributed by atoms with van der Waals surface area (Å²) in [4.78, 5) is 10.7. The maximum Gasteiger partial charge on any atom is 0.310 e. The number of ether oxygens (including phenoxy) is 1. The number of nitro benzene ring substituents is 1. The highest BCUT2D eigenvalue weighted by molar-refractivity contribution is 5.48. The van der Waals surface area contributed by atoms with E-state index in [-0.39, 0.29) is 10.6 Å². The molecule has 1 aliphatic rings. The number of hydrogen-bond donors (Lipinski definition) is 1. The Balaban J connectivity index is 2.06. The molecule has 0 radical (unpaired) electrons. The van der Waals surface area contributed by atoms with E-state index in [0.29, 0.717) is 30.9 Å². The van der Waals surface area contributed by atoms with Crippen molar-refractivity contribution in [2.45, 2.75) is 52.1 Å². The Morgan fingerprint density at radius 1 is 1.38 bits per heavy atom. The van der Waals surface area contributed by atoms with Crippen molar-refractivity contribution in [3.63, 3.8) is 0 Å². The summed E-state index contributed by atoms with van der Waals surface area (Å²) < 4.78 is 5.76. The zero-order valence-corrected chi connectivity index (χ0v) is 12.8. The van der Waals surface area contributed by atoms with Gasteiger partial charge in [-0.1, -0.05) is 32.8 Å². The van der Waals surface area contributed by atoms with Crippen LogP contribution in [0.25, 0.3) is 0 Å². The Kier molecular flexibility index (Phi) is 5.56. The van der Waals surface area contributed by atoms with Gasteiger partial charge in [-0.2, -0.15) is 0 Å². The van der Waals surface area contributed by atoms with Gasteiger partial charge in [0.1, 0.15) is 0 Å². The third kappa shape index (κ3) is 4.70. The van der Waals surface area contributed by atoms with E-state index in [4.69, 9.17) is 4.74 Å². The van der Waals surface area contributed by atoms with Crippen molar-refractivity contribution in [1.82, 2.24) is 5.32 Å². The van der Waals surface area contributed by atoms with Crippen molar-refractivity contribution in [1.29, 1.82) is 0 Å².